The van der Waals surface area contributed by atoms with E-state index in [9.17, 15) is 4.79 Å². The Bertz CT molecular complexity index is 696. The van der Waals surface area contributed by atoms with Gasteiger partial charge in [-0.2, -0.15) is 0 Å². The zero-order valence-electron chi connectivity index (χ0n) is 13.4. The molecular weight excluding hydrogens is 292 g/mol. The summed E-state index contributed by atoms with van der Waals surface area (Å²) in [6, 6.07) is 5.78. The molecular formula is C17H22N4O2. The first-order chi connectivity index (χ1) is 11.2. The summed E-state index contributed by atoms with van der Waals surface area (Å²) >= 11 is 0. The van der Waals surface area contributed by atoms with E-state index in [2.05, 4.69) is 14.9 Å². The smallest absolute Gasteiger partial charge is 0.220 e. The largest absolute Gasteiger partial charge is 0.481 e. The van der Waals surface area contributed by atoms with Gasteiger partial charge in [-0.15, -0.1) is 0 Å². The summed E-state index contributed by atoms with van der Waals surface area (Å²) < 4.78 is 5.21. The standard InChI is InChI=1S/C17H22N4O2/c1-23-15-3-2-14-16(20-15)12(4-8-19-14)5-9-21-10-6-13(7-11-21)17(18)22/h2-4,8,13H,5-7,9-11H2,1H3,(H2,18,22). The summed E-state index contributed by atoms with van der Waals surface area (Å²) in [6.07, 6.45) is 4.45. The average molecular weight is 314 g/mol. The molecule has 2 aromatic heterocycles. The maximum atomic E-state index is 11.2. The van der Waals surface area contributed by atoms with Gasteiger partial charge in [0, 0.05) is 24.7 Å². The Balaban J connectivity index is 1.67. The maximum Gasteiger partial charge on any atom is 0.220 e. The normalized spacial score (nSPS) is 16.6. The minimum absolute atomic E-state index is 0.0407. The predicted octanol–water partition coefficient (Wildman–Crippen LogP) is 1.38. The second kappa shape index (κ2) is 6.91. The van der Waals surface area contributed by atoms with E-state index in [4.69, 9.17) is 10.5 Å². The van der Waals surface area contributed by atoms with Crippen LogP contribution in [0.1, 0.15) is 18.4 Å². The van der Waals surface area contributed by atoms with Crippen molar-refractivity contribution >= 4 is 16.9 Å². The van der Waals surface area contributed by atoms with Crippen LogP contribution < -0.4 is 10.5 Å². The van der Waals surface area contributed by atoms with E-state index in [1.54, 1.807) is 7.11 Å². The lowest BCUT2D eigenvalue weighted by Crippen LogP contribution is -2.39. The van der Waals surface area contributed by atoms with Crippen LogP contribution >= 0.6 is 0 Å². The van der Waals surface area contributed by atoms with E-state index in [0.717, 1.165) is 49.9 Å². The maximum absolute atomic E-state index is 11.2. The molecule has 1 aliphatic heterocycles. The van der Waals surface area contributed by atoms with Gasteiger partial charge in [-0.05, 0) is 50.0 Å². The van der Waals surface area contributed by atoms with Crippen LogP contribution in [0, 0.1) is 5.92 Å². The fourth-order valence-electron chi connectivity index (χ4n) is 3.10. The van der Waals surface area contributed by atoms with E-state index >= 15 is 0 Å². The Morgan fingerprint density at radius 3 is 2.83 bits per heavy atom. The van der Waals surface area contributed by atoms with Crippen LogP contribution in [0.4, 0.5) is 0 Å². The molecule has 2 aromatic rings. The minimum atomic E-state index is -0.166. The Kier molecular flexibility index (Phi) is 4.71. The Labute approximate surface area is 135 Å². The lowest BCUT2D eigenvalue weighted by Gasteiger charge is -2.30. The van der Waals surface area contributed by atoms with Crippen molar-refractivity contribution in [3.05, 3.63) is 30.0 Å². The van der Waals surface area contributed by atoms with Gasteiger partial charge < -0.3 is 15.4 Å². The molecule has 6 nitrogen and oxygen atoms in total. The second-order valence-electron chi connectivity index (χ2n) is 5.96. The fourth-order valence-corrected chi connectivity index (χ4v) is 3.10. The Hall–Kier alpha value is -2.21. The molecule has 3 rings (SSSR count). The van der Waals surface area contributed by atoms with Crippen molar-refractivity contribution in [1.29, 1.82) is 0 Å². The van der Waals surface area contributed by atoms with Gasteiger partial charge in [0.05, 0.1) is 18.1 Å². The van der Waals surface area contributed by atoms with E-state index in [0.29, 0.717) is 5.88 Å². The fraction of sp³-hybridized carbons (Fsp3) is 0.471. The molecule has 0 radical (unpaired) electrons. The summed E-state index contributed by atoms with van der Waals surface area (Å²) in [4.78, 5) is 22.5. The number of nitrogens with two attached hydrogens (primary N) is 1. The number of carbonyl (C=O) groups is 1. The van der Waals surface area contributed by atoms with Gasteiger partial charge in [0.15, 0.2) is 0 Å². The van der Waals surface area contributed by atoms with Crippen LogP contribution in [0.3, 0.4) is 0 Å². The van der Waals surface area contributed by atoms with E-state index < -0.39 is 0 Å². The van der Waals surface area contributed by atoms with E-state index in [1.165, 1.54) is 5.56 Å². The van der Waals surface area contributed by atoms with Crippen LogP contribution in [0.5, 0.6) is 5.88 Å². The molecule has 6 heteroatoms. The molecule has 0 unspecified atom stereocenters. The highest BCUT2D eigenvalue weighted by molar-refractivity contribution is 5.78. The molecule has 3 heterocycles. The molecule has 0 atom stereocenters. The number of fused-ring (bicyclic) bond motifs is 1. The highest BCUT2D eigenvalue weighted by Gasteiger charge is 2.22. The molecule has 1 fully saturated rings. The first-order valence-corrected chi connectivity index (χ1v) is 7.97. The molecule has 23 heavy (non-hydrogen) atoms. The summed E-state index contributed by atoms with van der Waals surface area (Å²) in [5, 5.41) is 0. The summed E-state index contributed by atoms with van der Waals surface area (Å²) in [5.74, 6) is 0.481. The van der Waals surface area contributed by atoms with Crippen LogP contribution in [-0.2, 0) is 11.2 Å². The molecule has 1 aliphatic rings. The van der Waals surface area contributed by atoms with E-state index in [1.807, 2.05) is 24.4 Å². The number of aromatic nitrogens is 2. The predicted molar refractivity (Wildman–Crippen MR) is 88.2 cm³/mol. The molecule has 0 saturated carbocycles. The third-order valence-electron chi connectivity index (χ3n) is 4.54. The van der Waals surface area contributed by atoms with Crippen molar-refractivity contribution in [2.24, 2.45) is 11.7 Å². The lowest BCUT2D eigenvalue weighted by atomic mass is 9.96. The zero-order valence-corrected chi connectivity index (χ0v) is 13.4. The summed E-state index contributed by atoms with van der Waals surface area (Å²) in [5.41, 5.74) is 8.34. The van der Waals surface area contributed by atoms with Crippen molar-refractivity contribution in [3.63, 3.8) is 0 Å². The van der Waals surface area contributed by atoms with Gasteiger partial charge in [0.2, 0.25) is 11.8 Å². The first-order valence-electron chi connectivity index (χ1n) is 7.97. The number of primary amides is 1. The van der Waals surface area contributed by atoms with Crippen LogP contribution in [-0.4, -0.2) is 47.5 Å². The van der Waals surface area contributed by atoms with Crippen molar-refractivity contribution in [3.8, 4) is 5.88 Å². The number of amides is 1. The van der Waals surface area contributed by atoms with Crippen molar-refractivity contribution in [1.82, 2.24) is 14.9 Å². The third kappa shape index (κ3) is 3.59. The monoisotopic (exact) mass is 314 g/mol. The number of ether oxygens (including phenoxy) is 1. The number of methoxy groups -OCH3 is 1. The second-order valence-corrected chi connectivity index (χ2v) is 5.96. The number of nitrogens with zero attached hydrogens (tertiary/aromatic N) is 3. The van der Waals surface area contributed by atoms with Crippen molar-refractivity contribution < 1.29 is 9.53 Å². The highest BCUT2D eigenvalue weighted by atomic mass is 16.5. The number of carbonyl (C=O) groups excluding carboxylic acids is 1. The molecule has 1 amide bonds. The van der Waals surface area contributed by atoms with Gasteiger partial charge in [0.25, 0.3) is 0 Å². The molecule has 2 N–H and O–H groups in total. The number of piperidine rings is 1. The number of likely N-dealkylation sites (tertiary alicyclic amines) is 1. The summed E-state index contributed by atoms with van der Waals surface area (Å²) in [6.45, 7) is 2.80. The molecule has 122 valence electrons. The van der Waals surface area contributed by atoms with Crippen molar-refractivity contribution in [2.45, 2.75) is 19.3 Å². The van der Waals surface area contributed by atoms with Crippen molar-refractivity contribution in [2.75, 3.05) is 26.7 Å². The SMILES string of the molecule is COc1ccc2nccc(CCN3CCC(C(N)=O)CC3)c2n1. The summed E-state index contributed by atoms with van der Waals surface area (Å²) in [7, 11) is 1.62. The third-order valence-corrected chi connectivity index (χ3v) is 4.54. The van der Waals surface area contributed by atoms with Gasteiger partial charge >= 0.3 is 0 Å². The number of hydrogen-bond acceptors (Lipinski definition) is 5. The zero-order chi connectivity index (χ0) is 16.2. The van der Waals surface area contributed by atoms with Gasteiger partial charge in [-0.3, -0.25) is 9.78 Å². The van der Waals surface area contributed by atoms with Crippen LogP contribution in [0.25, 0.3) is 11.0 Å². The molecule has 0 bridgehead atoms. The minimum Gasteiger partial charge on any atom is -0.481 e. The number of pyridine rings is 2. The molecule has 1 saturated heterocycles. The quantitative estimate of drug-likeness (QED) is 0.901. The highest BCUT2D eigenvalue weighted by Crippen LogP contribution is 2.20. The average Bonchev–Trinajstić information content (AvgIpc) is 2.59. The molecule has 0 spiro atoms. The van der Waals surface area contributed by atoms with Gasteiger partial charge in [0.1, 0.15) is 0 Å². The van der Waals surface area contributed by atoms with Gasteiger partial charge in [-0.25, -0.2) is 4.98 Å². The molecule has 0 aromatic carbocycles. The Morgan fingerprint density at radius 2 is 2.13 bits per heavy atom. The lowest BCUT2D eigenvalue weighted by molar-refractivity contribution is -0.123. The number of rotatable bonds is 5. The van der Waals surface area contributed by atoms with Gasteiger partial charge in [-0.1, -0.05) is 0 Å². The topological polar surface area (TPSA) is 81.3 Å². The Morgan fingerprint density at radius 1 is 1.35 bits per heavy atom. The molecule has 0 aliphatic carbocycles. The van der Waals surface area contributed by atoms with Crippen LogP contribution in [0.2, 0.25) is 0 Å². The van der Waals surface area contributed by atoms with Crippen LogP contribution in [0.15, 0.2) is 24.4 Å². The first kappa shape index (κ1) is 15.7. The number of hydrogen-bond donors (Lipinski definition) is 1. The van der Waals surface area contributed by atoms with E-state index in [-0.39, 0.29) is 11.8 Å².